The lowest BCUT2D eigenvalue weighted by Crippen LogP contribution is -2.42. The fourth-order valence-electron chi connectivity index (χ4n) is 2.33. The molecule has 2 aromatic carbocycles. The molecule has 8 nitrogen and oxygen atoms in total. The van der Waals surface area contributed by atoms with Crippen molar-refractivity contribution in [2.75, 3.05) is 5.32 Å². The Bertz CT molecular complexity index is 986. The third kappa shape index (κ3) is 6.02. The summed E-state index contributed by atoms with van der Waals surface area (Å²) < 4.78 is 28.4. The minimum absolute atomic E-state index is 0.0924. The number of hydrogen-bond acceptors (Lipinski definition) is 5. The van der Waals surface area contributed by atoms with Crippen LogP contribution >= 0.6 is 45.2 Å². The van der Waals surface area contributed by atoms with Crippen LogP contribution in [0.5, 0.6) is 5.75 Å². The van der Waals surface area contributed by atoms with Crippen molar-refractivity contribution in [3.8, 4) is 5.75 Å². The average molecular weight is 630 g/mol. The van der Waals surface area contributed by atoms with Gasteiger partial charge in [-0.25, -0.2) is 8.42 Å². The van der Waals surface area contributed by atoms with E-state index in [0.717, 1.165) is 0 Å². The molecule has 1 amide bonds. The SMILES string of the molecule is CC(=O)Nc1ccc(S(=O)(=O)N[C@@H](Cc2cc(I)c(O)c(I)c2)C(=O)O)cc1. The molecule has 0 saturated heterocycles. The number of rotatable bonds is 7. The van der Waals surface area contributed by atoms with Gasteiger partial charge in [-0.05, 0) is 93.6 Å². The van der Waals surface area contributed by atoms with Crippen LogP contribution in [0.4, 0.5) is 5.69 Å². The summed E-state index contributed by atoms with van der Waals surface area (Å²) in [5.74, 6) is -1.52. The minimum atomic E-state index is -4.09. The van der Waals surface area contributed by atoms with E-state index in [1.165, 1.54) is 31.2 Å². The standard InChI is InChI=1S/C17H16I2N2O6S/c1-9(22)20-11-2-4-12(5-3-11)28(26,27)21-15(17(24)25)8-10-6-13(18)16(23)14(19)7-10/h2-7,15,21,23H,8H2,1H3,(H,20,22)(H,24,25)/t15-/m0/s1. The smallest absolute Gasteiger partial charge is 0.322 e. The number of anilines is 1. The molecule has 11 heteroatoms. The molecule has 0 aliphatic heterocycles. The number of halogens is 2. The second kappa shape index (κ2) is 9.37. The number of sulfonamides is 1. The first kappa shape index (κ1) is 22.8. The summed E-state index contributed by atoms with van der Waals surface area (Å²) in [7, 11) is -4.09. The van der Waals surface area contributed by atoms with E-state index in [-0.39, 0.29) is 23.0 Å². The van der Waals surface area contributed by atoms with Crippen LogP contribution in [0.15, 0.2) is 41.3 Å². The van der Waals surface area contributed by atoms with Crippen LogP contribution in [0.1, 0.15) is 12.5 Å². The van der Waals surface area contributed by atoms with Gasteiger partial charge in [-0.2, -0.15) is 4.72 Å². The molecule has 0 heterocycles. The van der Waals surface area contributed by atoms with Gasteiger partial charge in [0.2, 0.25) is 15.9 Å². The minimum Gasteiger partial charge on any atom is -0.506 e. The molecule has 0 aliphatic carbocycles. The number of benzene rings is 2. The van der Waals surface area contributed by atoms with Crippen molar-refractivity contribution in [3.63, 3.8) is 0 Å². The summed E-state index contributed by atoms with van der Waals surface area (Å²) in [6.07, 6.45) is -0.0924. The summed E-state index contributed by atoms with van der Waals surface area (Å²) in [6.45, 7) is 1.33. The number of amides is 1. The van der Waals surface area contributed by atoms with Gasteiger partial charge in [-0.15, -0.1) is 0 Å². The summed E-state index contributed by atoms with van der Waals surface area (Å²) in [4.78, 5) is 22.5. The highest BCUT2D eigenvalue weighted by atomic mass is 127. The van der Waals surface area contributed by atoms with Crippen molar-refractivity contribution < 1.29 is 28.2 Å². The number of phenols is 1. The largest absolute Gasteiger partial charge is 0.506 e. The lowest BCUT2D eigenvalue weighted by atomic mass is 10.1. The van der Waals surface area contributed by atoms with Gasteiger partial charge in [0, 0.05) is 12.6 Å². The molecule has 2 aromatic rings. The van der Waals surface area contributed by atoms with Gasteiger partial charge >= 0.3 is 5.97 Å². The van der Waals surface area contributed by atoms with Gasteiger partial charge in [0.05, 0.1) is 12.0 Å². The van der Waals surface area contributed by atoms with Crippen molar-refractivity contribution in [1.82, 2.24) is 4.72 Å². The lowest BCUT2D eigenvalue weighted by Gasteiger charge is -2.16. The van der Waals surface area contributed by atoms with Crippen LogP contribution in [-0.4, -0.2) is 36.5 Å². The van der Waals surface area contributed by atoms with Crippen molar-refractivity contribution in [2.24, 2.45) is 0 Å². The van der Waals surface area contributed by atoms with E-state index in [9.17, 15) is 28.2 Å². The topological polar surface area (TPSA) is 133 Å². The number of carboxylic acids is 1. The predicted octanol–water partition coefficient (Wildman–Crippen LogP) is 2.53. The number of carbonyl (C=O) groups excluding carboxylic acids is 1. The highest BCUT2D eigenvalue weighted by Crippen LogP contribution is 2.28. The predicted molar refractivity (Wildman–Crippen MR) is 120 cm³/mol. The highest BCUT2D eigenvalue weighted by molar-refractivity contribution is 14.1. The Kier molecular flexibility index (Phi) is 7.64. The number of hydrogen-bond donors (Lipinski definition) is 4. The summed E-state index contributed by atoms with van der Waals surface area (Å²) >= 11 is 3.84. The Hall–Kier alpha value is -1.45. The van der Waals surface area contributed by atoms with Gasteiger partial charge in [0.1, 0.15) is 11.8 Å². The van der Waals surface area contributed by atoms with Crippen molar-refractivity contribution in [2.45, 2.75) is 24.3 Å². The number of nitrogens with one attached hydrogen (secondary N) is 2. The maximum Gasteiger partial charge on any atom is 0.322 e. The molecule has 150 valence electrons. The molecule has 0 unspecified atom stereocenters. The van der Waals surface area contributed by atoms with Crippen molar-refractivity contribution in [1.29, 1.82) is 0 Å². The molecule has 0 bridgehead atoms. The quantitative estimate of drug-likeness (QED) is 0.348. The molecule has 2 rings (SSSR count). The van der Waals surface area contributed by atoms with Gasteiger partial charge in [-0.1, -0.05) is 0 Å². The Balaban J connectivity index is 2.23. The molecule has 0 radical (unpaired) electrons. The average Bonchev–Trinajstić information content (AvgIpc) is 2.58. The van der Waals surface area contributed by atoms with Crippen LogP contribution in [0.25, 0.3) is 0 Å². The van der Waals surface area contributed by atoms with Crippen molar-refractivity contribution in [3.05, 3.63) is 49.1 Å². The Labute approximate surface area is 189 Å². The highest BCUT2D eigenvalue weighted by Gasteiger charge is 2.26. The fraction of sp³-hybridized carbons (Fsp3) is 0.176. The maximum absolute atomic E-state index is 12.6. The first-order valence-corrected chi connectivity index (χ1v) is 11.4. The molecule has 0 aliphatic rings. The zero-order valence-electron chi connectivity index (χ0n) is 14.4. The number of carbonyl (C=O) groups is 2. The van der Waals surface area contributed by atoms with Gasteiger partial charge in [-0.3, -0.25) is 9.59 Å². The zero-order valence-corrected chi connectivity index (χ0v) is 19.6. The molecular weight excluding hydrogens is 614 g/mol. The molecule has 0 saturated carbocycles. The zero-order chi connectivity index (χ0) is 21.1. The summed E-state index contributed by atoms with van der Waals surface area (Å²) in [5, 5.41) is 21.8. The number of phenolic OH excluding ortho intramolecular Hbond substituents is 1. The third-order valence-corrected chi connectivity index (χ3v) is 6.73. The molecule has 0 aromatic heterocycles. The van der Waals surface area contributed by atoms with E-state index in [2.05, 4.69) is 10.0 Å². The monoisotopic (exact) mass is 630 g/mol. The number of aromatic hydroxyl groups is 1. The normalized spacial score (nSPS) is 12.4. The van der Waals surface area contributed by atoms with E-state index >= 15 is 0 Å². The second-order valence-corrected chi connectivity index (χ2v) is 9.87. The number of aliphatic carboxylic acids is 1. The van der Waals surface area contributed by atoms with Crippen LogP contribution in [0.2, 0.25) is 0 Å². The number of carboxylic acid groups (broad SMARTS) is 1. The van der Waals surface area contributed by atoms with E-state index in [4.69, 9.17) is 0 Å². The molecular formula is C17H16I2N2O6S. The summed E-state index contributed by atoms with van der Waals surface area (Å²) in [5.41, 5.74) is 0.997. The Morgan fingerprint density at radius 3 is 2.11 bits per heavy atom. The molecule has 4 N–H and O–H groups in total. The third-order valence-electron chi connectivity index (χ3n) is 3.60. The maximum atomic E-state index is 12.6. The van der Waals surface area contributed by atoms with Crippen LogP contribution in [0.3, 0.4) is 0 Å². The van der Waals surface area contributed by atoms with E-state index in [0.29, 0.717) is 18.4 Å². The lowest BCUT2D eigenvalue weighted by molar-refractivity contribution is -0.138. The van der Waals surface area contributed by atoms with Gasteiger partial charge in [0.25, 0.3) is 0 Å². The molecule has 1 atom stereocenters. The van der Waals surface area contributed by atoms with Crippen LogP contribution in [-0.2, 0) is 26.0 Å². The van der Waals surface area contributed by atoms with E-state index < -0.39 is 22.0 Å². The van der Waals surface area contributed by atoms with E-state index in [1.807, 2.05) is 45.2 Å². The summed E-state index contributed by atoms with van der Waals surface area (Å²) in [6, 6.07) is 7.19. The Morgan fingerprint density at radius 2 is 1.64 bits per heavy atom. The fourth-order valence-corrected chi connectivity index (χ4v) is 5.41. The van der Waals surface area contributed by atoms with Gasteiger partial charge < -0.3 is 15.5 Å². The van der Waals surface area contributed by atoms with Gasteiger partial charge in [0.15, 0.2) is 0 Å². The molecule has 28 heavy (non-hydrogen) atoms. The van der Waals surface area contributed by atoms with Crippen LogP contribution < -0.4 is 10.0 Å². The first-order chi connectivity index (χ1) is 13.0. The Morgan fingerprint density at radius 1 is 1.11 bits per heavy atom. The first-order valence-electron chi connectivity index (χ1n) is 7.79. The van der Waals surface area contributed by atoms with Crippen molar-refractivity contribution >= 4 is 72.8 Å². The molecule has 0 spiro atoms. The van der Waals surface area contributed by atoms with E-state index in [1.54, 1.807) is 12.1 Å². The van der Waals surface area contributed by atoms with Crippen LogP contribution in [0, 0.1) is 7.14 Å². The molecule has 0 fully saturated rings. The second-order valence-electron chi connectivity index (χ2n) is 5.83.